The van der Waals surface area contributed by atoms with Crippen molar-refractivity contribution in [3.8, 4) is 0 Å². The van der Waals surface area contributed by atoms with Gasteiger partial charge < -0.3 is 10.2 Å². The minimum absolute atomic E-state index is 0.0181. The molecule has 1 saturated carbocycles. The smallest absolute Gasteiger partial charge is 0.252 e. The van der Waals surface area contributed by atoms with E-state index in [1.165, 1.54) is 11.3 Å². The molecule has 1 aromatic rings. The Bertz CT molecular complexity index is 439. The van der Waals surface area contributed by atoms with Gasteiger partial charge in [-0.2, -0.15) is 11.3 Å². The molecule has 1 N–H and O–H groups in total. The third-order valence-corrected chi connectivity index (χ3v) is 3.95. The maximum Gasteiger partial charge on any atom is 0.252 e. The number of amides is 2. The SMILES string of the molecule is O=C(N[C@@H]1CC(=O)N(C2CC2)C1)c1ccsc1. The van der Waals surface area contributed by atoms with Crippen molar-refractivity contribution in [2.75, 3.05) is 6.54 Å². The zero-order valence-electron chi connectivity index (χ0n) is 9.39. The van der Waals surface area contributed by atoms with E-state index in [4.69, 9.17) is 0 Å². The summed E-state index contributed by atoms with van der Waals surface area (Å²) in [5.41, 5.74) is 0.687. The molecule has 2 fully saturated rings. The molecule has 2 aliphatic rings. The van der Waals surface area contributed by atoms with Crippen LogP contribution < -0.4 is 5.32 Å². The van der Waals surface area contributed by atoms with Gasteiger partial charge in [0.15, 0.2) is 0 Å². The van der Waals surface area contributed by atoms with Crippen LogP contribution in [0.15, 0.2) is 16.8 Å². The molecule has 1 aliphatic carbocycles. The Morgan fingerprint density at radius 3 is 2.94 bits per heavy atom. The fourth-order valence-electron chi connectivity index (χ4n) is 2.23. The van der Waals surface area contributed by atoms with Gasteiger partial charge in [0.05, 0.1) is 6.04 Å². The van der Waals surface area contributed by atoms with Gasteiger partial charge in [0.25, 0.3) is 5.91 Å². The minimum Gasteiger partial charge on any atom is -0.347 e. The maximum atomic E-state index is 11.8. The van der Waals surface area contributed by atoms with Crippen molar-refractivity contribution in [1.82, 2.24) is 10.2 Å². The molecule has 3 rings (SSSR count). The highest BCUT2D eigenvalue weighted by molar-refractivity contribution is 7.08. The second kappa shape index (κ2) is 4.14. The van der Waals surface area contributed by atoms with Crippen LogP contribution in [0.3, 0.4) is 0 Å². The van der Waals surface area contributed by atoms with Gasteiger partial charge in [-0.3, -0.25) is 9.59 Å². The van der Waals surface area contributed by atoms with Crippen molar-refractivity contribution in [1.29, 1.82) is 0 Å². The Kier molecular flexibility index (Phi) is 2.63. The molecule has 2 amide bonds. The molecule has 1 aromatic heterocycles. The van der Waals surface area contributed by atoms with E-state index in [0.29, 0.717) is 24.6 Å². The van der Waals surface area contributed by atoms with Crippen LogP contribution in [-0.4, -0.2) is 35.3 Å². The predicted octanol–water partition coefficient (Wildman–Crippen LogP) is 1.24. The first kappa shape index (κ1) is 10.8. The van der Waals surface area contributed by atoms with Crippen LogP contribution in [0.1, 0.15) is 29.6 Å². The average molecular weight is 250 g/mol. The fourth-order valence-corrected chi connectivity index (χ4v) is 2.87. The topological polar surface area (TPSA) is 49.4 Å². The second-order valence-corrected chi connectivity index (χ2v) is 5.44. The summed E-state index contributed by atoms with van der Waals surface area (Å²) < 4.78 is 0. The summed E-state index contributed by atoms with van der Waals surface area (Å²) in [6, 6.07) is 2.23. The Labute approximate surface area is 104 Å². The summed E-state index contributed by atoms with van der Waals surface area (Å²) in [5.74, 6) is 0.116. The van der Waals surface area contributed by atoms with Crippen LogP contribution in [0.25, 0.3) is 0 Å². The molecule has 1 aliphatic heterocycles. The van der Waals surface area contributed by atoms with Gasteiger partial charge in [-0.05, 0) is 24.3 Å². The van der Waals surface area contributed by atoms with Gasteiger partial charge in [-0.15, -0.1) is 0 Å². The number of carbonyl (C=O) groups excluding carboxylic acids is 2. The first-order chi connectivity index (χ1) is 8.24. The van der Waals surface area contributed by atoms with E-state index in [9.17, 15) is 9.59 Å². The molecule has 17 heavy (non-hydrogen) atoms. The Morgan fingerprint density at radius 1 is 1.47 bits per heavy atom. The van der Waals surface area contributed by atoms with E-state index in [1.54, 1.807) is 6.07 Å². The van der Waals surface area contributed by atoms with Crippen LogP contribution >= 0.6 is 11.3 Å². The summed E-state index contributed by atoms with van der Waals surface area (Å²) in [6.45, 7) is 0.680. The molecule has 0 spiro atoms. The number of hydrogen-bond donors (Lipinski definition) is 1. The van der Waals surface area contributed by atoms with E-state index in [0.717, 1.165) is 12.8 Å². The number of hydrogen-bond acceptors (Lipinski definition) is 3. The van der Waals surface area contributed by atoms with Gasteiger partial charge in [-0.25, -0.2) is 0 Å². The molecule has 1 saturated heterocycles. The fraction of sp³-hybridized carbons (Fsp3) is 0.500. The predicted molar refractivity (Wildman–Crippen MR) is 64.9 cm³/mol. The van der Waals surface area contributed by atoms with Gasteiger partial charge in [-0.1, -0.05) is 0 Å². The molecule has 0 unspecified atom stereocenters. The first-order valence-corrected chi connectivity index (χ1v) is 6.81. The molecule has 2 heterocycles. The monoisotopic (exact) mass is 250 g/mol. The van der Waals surface area contributed by atoms with Gasteiger partial charge in [0.2, 0.25) is 5.91 Å². The van der Waals surface area contributed by atoms with E-state index >= 15 is 0 Å². The third-order valence-electron chi connectivity index (χ3n) is 3.26. The highest BCUT2D eigenvalue weighted by Gasteiger charge is 2.39. The van der Waals surface area contributed by atoms with E-state index in [-0.39, 0.29) is 17.9 Å². The molecule has 0 aromatic carbocycles. The lowest BCUT2D eigenvalue weighted by Crippen LogP contribution is -2.37. The quantitative estimate of drug-likeness (QED) is 0.877. The van der Waals surface area contributed by atoms with Gasteiger partial charge in [0, 0.05) is 30.0 Å². The summed E-state index contributed by atoms with van der Waals surface area (Å²) in [5, 5.41) is 6.63. The molecule has 1 atom stereocenters. The van der Waals surface area contributed by atoms with Crippen LogP contribution in [0.5, 0.6) is 0 Å². The van der Waals surface area contributed by atoms with Crippen molar-refractivity contribution in [3.05, 3.63) is 22.4 Å². The minimum atomic E-state index is -0.0679. The van der Waals surface area contributed by atoms with Crippen molar-refractivity contribution >= 4 is 23.2 Å². The van der Waals surface area contributed by atoms with Crippen molar-refractivity contribution in [2.45, 2.75) is 31.3 Å². The Hall–Kier alpha value is -1.36. The highest BCUT2D eigenvalue weighted by atomic mass is 32.1. The van der Waals surface area contributed by atoms with Crippen LogP contribution in [0, 0.1) is 0 Å². The zero-order chi connectivity index (χ0) is 11.8. The van der Waals surface area contributed by atoms with Crippen LogP contribution in [-0.2, 0) is 4.79 Å². The normalized spacial score (nSPS) is 24.1. The van der Waals surface area contributed by atoms with Crippen molar-refractivity contribution in [2.24, 2.45) is 0 Å². The third kappa shape index (κ3) is 2.20. The number of nitrogens with one attached hydrogen (secondary N) is 1. The summed E-state index contributed by atoms with van der Waals surface area (Å²) in [4.78, 5) is 25.5. The number of likely N-dealkylation sites (tertiary alicyclic amines) is 1. The lowest BCUT2D eigenvalue weighted by molar-refractivity contribution is -0.128. The molecule has 0 radical (unpaired) electrons. The summed E-state index contributed by atoms with van der Waals surface area (Å²) >= 11 is 1.50. The highest BCUT2D eigenvalue weighted by Crippen LogP contribution is 2.30. The summed E-state index contributed by atoms with van der Waals surface area (Å²) in [6.07, 6.45) is 2.69. The zero-order valence-corrected chi connectivity index (χ0v) is 10.2. The molecule has 5 heteroatoms. The summed E-state index contributed by atoms with van der Waals surface area (Å²) in [7, 11) is 0. The van der Waals surface area contributed by atoms with Gasteiger partial charge >= 0.3 is 0 Å². The second-order valence-electron chi connectivity index (χ2n) is 4.66. The molecular weight excluding hydrogens is 236 g/mol. The first-order valence-electron chi connectivity index (χ1n) is 5.86. The average Bonchev–Trinajstić information content (AvgIpc) is 2.86. The molecular formula is C12H14N2O2S. The van der Waals surface area contributed by atoms with Crippen molar-refractivity contribution in [3.63, 3.8) is 0 Å². The lowest BCUT2D eigenvalue weighted by Gasteiger charge is -2.15. The van der Waals surface area contributed by atoms with E-state index in [2.05, 4.69) is 5.32 Å². The number of thiophene rings is 1. The van der Waals surface area contributed by atoms with Crippen LogP contribution in [0.4, 0.5) is 0 Å². The van der Waals surface area contributed by atoms with Crippen LogP contribution in [0.2, 0.25) is 0 Å². The van der Waals surface area contributed by atoms with E-state index in [1.807, 2.05) is 15.7 Å². The molecule has 90 valence electrons. The van der Waals surface area contributed by atoms with Crippen molar-refractivity contribution < 1.29 is 9.59 Å². The standard InChI is InChI=1S/C12H14N2O2S/c15-11-5-9(6-14(11)10-1-2-10)13-12(16)8-3-4-17-7-8/h3-4,7,9-10H,1-2,5-6H2,(H,13,16)/t9-/m1/s1. The maximum absolute atomic E-state index is 11.8. The number of rotatable bonds is 3. The lowest BCUT2D eigenvalue weighted by atomic mass is 10.2. The Balaban J connectivity index is 1.60. The Morgan fingerprint density at radius 2 is 2.29 bits per heavy atom. The number of nitrogens with zero attached hydrogens (tertiary/aromatic N) is 1. The number of carbonyl (C=O) groups is 2. The van der Waals surface area contributed by atoms with Gasteiger partial charge in [0.1, 0.15) is 0 Å². The molecule has 4 nitrogen and oxygen atoms in total. The molecule has 0 bridgehead atoms. The largest absolute Gasteiger partial charge is 0.347 e. The van der Waals surface area contributed by atoms with E-state index < -0.39 is 0 Å².